The number of carbonyl (C=O) groups is 1. The lowest BCUT2D eigenvalue weighted by atomic mass is 10.0. The van der Waals surface area contributed by atoms with E-state index in [1.165, 1.54) is 6.20 Å². The fourth-order valence-corrected chi connectivity index (χ4v) is 2.14. The van der Waals surface area contributed by atoms with Gasteiger partial charge in [0.15, 0.2) is 5.69 Å². The molecule has 0 spiro atoms. The maximum Gasteiger partial charge on any atom is 0.356 e. The van der Waals surface area contributed by atoms with Gasteiger partial charge in [0, 0.05) is 19.3 Å². The minimum Gasteiger partial charge on any atom is -0.476 e. The van der Waals surface area contributed by atoms with Gasteiger partial charge in [-0.2, -0.15) is 0 Å². The molecule has 0 aromatic carbocycles. The first-order valence-corrected chi connectivity index (χ1v) is 5.53. The fourth-order valence-electron chi connectivity index (χ4n) is 2.14. The minimum atomic E-state index is -0.956. The summed E-state index contributed by atoms with van der Waals surface area (Å²) >= 11 is 0. The molecule has 0 saturated carbocycles. The van der Waals surface area contributed by atoms with Gasteiger partial charge in [-0.3, -0.25) is 0 Å². The molecule has 0 bridgehead atoms. The van der Waals surface area contributed by atoms with E-state index in [9.17, 15) is 4.79 Å². The molecular weight excluding hydrogens is 204 g/mol. The molecule has 4 heteroatoms. The summed E-state index contributed by atoms with van der Waals surface area (Å²) < 4.78 is 0. The highest BCUT2D eigenvalue weighted by molar-refractivity contribution is 5.92. The predicted octanol–water partition coefficient (Wildman–Crippen LogP) is 1.87. The van der Waals surface area contributed by atoms with Gasteiger partial charge >= 0.3 is 5.97 Å². The van der Waals surface area contributed by atoms with Crippen LogP contribution in [-0.4, -0.2) is 29.1 Å². The van der Waals surface area contributed by atoms with Gasteiger partial charge in [-0.15, -0.1) is 0 Å². The molecule has 0 aliphatic carbocycles. The molecule has 2 rings (SSSR count). The Morgan fingerprint density at radius 3 is 2.62 bits per heavy atom. The number of aromatic carboxylic acids is 1. The van der Waals surface area contributed by atoms with Crippen molar-refractivity contribution < 1.29 is 9.90 Å². The summed E-state index contributed by atoms with van der Waals surface area (Å²) in [5.74, 6) is 0.242. The first-order chi connectivity index (χ1) is 7.59. The Morgan fingerprint density at radius 2 is 2.06 bits per heavy atom. The van der Waals surface area contributed by atoms with Crippen molar-refractivity contribution in [2.24, 2.45) is 11.8 Å². The molecule has 0 radical (unpaired) electrons. The number of aromatic nitrogens is 1. The standard InChI is InChI=1S/C12H16N2O2/c1-8-6-14(7-9(8)2)10-4-3-5-13-11(10)12(15)16/h3-5,8-9H,6-7H2,1-2H3,(H,15,16). The van der Waals surface area contributed by atoms with Gasteiger partial charge in [0.2, 0.25) is 0 Å². The third-order valence-corrected chi connectivity index (χ3v) is 3.32. The predicted molar refractivity (Wildman–Crippen MR) is 61.7 cm³/mol. The minimum absolute atomic E-state index is 0.156. The number of hydrogen-bond donors (Lipinski definition) is 1. The summed E-state index contributed by atoms with van der Waals surface area (Å²) in [6.45, 7) is 6.21. The van der Waals surface area contributed by atoms with E-state index < -0.39 is 5.97 Å². The van der Waals surface area contributed by atoms with E-state index in [2.05, 4.69) is 23.7 Å². The topological polar surface area (TPSA) is 53.4 Å². The lowest BCUT2D eigenvalue weighted by Gasteiger charge is -2.19. The monoisotopic (exact) mass is 220 g/mol. The zero-order valence-corrected chi connectivity index (χ0v) is 9.55. The molecule has 1 aliphatic rings. The lowest BCUT2D eigenvalue weighted by Crippen LogP contribution is -2.22. The van der Waals surface area contributed by atoms with Crippen LogP contribution in [0.4, 0.5) is 5.69 Å². The van der Waals surface area contributed by atoms with Crippen LogP contribution in [-0.2, 0) is 0 Å². The van der Waals surface area contributed by atoms with Crippen LogP contribution >= 0.6 is 0 Å². The molecule has 2 unspecified atom stereocenters. The van der Waals surface area contributed by atoms with Crippen LogP contribution in [0.2, 0.25) is 0 Å². The van der Waals surface area contributed by atoms with Gasteiger partial charge < -0.3 is 10.0 Å². The molecule has 0 amide bonds. The highest BCUT2D eigenvalue weighted by atomic mass is 16.4. The molecule has 2 heterocycles. The zero-order valence-electron chi connectivity index (χ0n) is 9.55. The summed E-state index contributed by atoms with van der Waals surface area (Å²) in [6.07, 6.45) is 1.52. The molecule has 1 aliphatic heterocycles. The molecule has 1 N–H and O–H groups in total. The van der Waals surface area contributed by atoms with E-state index >= 15 is 0 Å². The van der Waals surface area contributed by atoms with Gasteiger partial charge in [-0.1, -0.05) is 13.8 Å². The van der Waals surface area contributed by atoms with Crippen LogP contribution in [0.15, 0.2) is 18.3 Å². The van der Waals surface area contributed by atoms with Crippen LogP contribution in [0, 0.1) is 11.8 Å². The van der Waals surface area contributed by atoms with Crippen molar-refractivity contribution in [3.05, 3.63) is 24.0 Å². The number of pyridine rings is 1. The Balaban J connectivity index is 2.31. The van der Waals surface area contributed by atoms with Crippen molar-refractivity contribution in [1.82, 2.24) is 4.98 Å². The van der Waals surface area contributed by atoms with E-state index in [0.29, 0.717) is 11.8 Å². The van der Waals surface area contributed by atoms with Crippen LogP contribution < -0.4 is 4.90 Å². The molecule has 1 aromatic rings. The normalized spacial score (nSPS) is 24.8. The Bertz CT molecular complexity index is 396. The molecule has 86 valence electrons. The quantitative estimate of drug-likeness (QED) is 0.826. The largest absolute Gasteiger partial charge is 0.476 e. The van der Waals surface area contributed by atoms with Gasteiger partial charge in [0.05, 0.1) is 5.69 Å². The summed E-state index contributed by atoms with van der Waals surface area (Å²) in [7, 11) is 0. The van der Waals surface area contributed by atoms with Gasteiger partial charge in [-0.05, 0) is 24.0 Å². The maximum atomic E-state index is 11.1. The fraction of sp³-hybridized carbons (Fsp3) is 0.500. The van der Waals surface area contributed by atoms with E-state index in [-0.39, 0.29) is 5.69 Å². The van der Waals surface area contributed by atoms with Gasteiger partial charge in [-0.25, -0.2) is 9.78 Å². The van der Waals surface area contributed by atoms with Crippen molar-refractivity contribution in [2.45, 2.75) is 13.8 Å². The van der Waals surface area contributed by atoms with Crippen LogP contribution in [0.3, 0.4) is 0 Å². The Labute approximate surface area is 94.9 Å². The van der Waals surface area contributed by atoms with Crippen molar-refractivity contribution in [2.75, 3.05) is 18.0 Å². The van der Waals surface area contributed by atoms with Gasteiger partial charge in [0.1, 0.15) is 0 Å². The Hall–Kier alpha value is -1.58. The number of nitrogens with zero attached hydrogens (tertiary/aromatic N) is 2. The average Bonchev–Trinajstić information content (AvgIpc) is 2.59. The third-order valence-electron chi connectivity index (χ3n) is 3.32. The first-order valence-electron chi connectivity index (χ1n) is 5.53. The number of anilines is 1. The molecule has 16 heavy (non-hydrogen) atoms. The summed E-state index contributed by atoms with van der Waals surface area (Å²) in [5, 5.41) is 9.07. The van der Waals surface area contributed by atoms with Crippen LogP contribution in [0.1, 0.15) is 24.3 Å². The summed E-state index contributed by atoms with van der Waals surface area (Å²) in [4.78, 5) is 17.1. The SMILES string of the molecule is CC1CN(c2cccnc2C(=O)O)CC1C. The van der Waals surface area contributed by atoms with E-state index in [1.54, 1.807) is 6.07 Å². The average molecular weight is 220 g/mol. The maximum absolute atomic E-state index is 11.1. The molecule has 2 atom stereocenters. The van der Waals surface area contributed by atoms with Crippen LogP contribution in [0.5, 0.6) is 0 Å². The van der Waals surface area contributed by atoms with Crippen molar-refractivity contribution >= 4 is 11.7 Å². The second-order valence-electron chi connectivity index (χ2n) is 4.54. The molecule has 1 saturated heterocycles. The smallest absolute Gasteiger partial charge is 0.356 e. The first kappa shape index (κ1) is 10.9. The van der Waals surface area contributed by atoms with Crippen molar-refractivity contribution in [3.8, 4) is 0 Å². The second kappa shape index (κ2) is 4.12. The van der Waals surface area contributed by atoms with Crippen molar-refractivity contribution in [3.63, 3.8) is 0 Å². The summed E-state index contributed by atoms with van der Waals surface area (Å²) in [6, 6.07) is 3.62. The Morgan fingerprint density at radius 1 is 1.44 bits per heavy atom. The van der Waals surface area contributed by atoms with E-state index in [0.717, 1.165) is 18.8 Å². The highest BCUT2D eigenvalue weighted by Crippen LogP contribution is 2.29. The number of hydrogen-bond acceptors (Lipinski definition) is 3. The summed E-state index contributed by atoms with van der Waals surface area (Å²) in [5.41, 5.74) is 0.898. The van der Waals surface area contributed by atoms with E-state index in [1.807, 2.05) is 6.07 Å². The molecule has 4 nitrogen and oxygen atoms in total. The molecular formula is C12H16N2O2. The van der Waals surface area contributed by atoms with Crippen molar-refractivity contribution in [1.29, 1.82) is 0 Å². The lowest BCUT2D eigenvalue weighted by molar-refractivity contribution is 0.0691. The molecule has 1 fully saturated rings. The second-order valence-corrected chi connectivity index (χ2v) is 4.54. The van der Waals surface area contributed by atoms with Gasteiger partial charge in [0.25, 0.3) is 0 Å². The number of carboxylic acids is 1. The molecule has 1 aromatic heterocycles. The number of carboxylic acid groups (broad SMARTS) is 1. The third kappa shape index (κ3) is 1.87. The Kier molecular flexibility index (Phi) is 2.81. The number of rotatable bonds is 2. The zero-order chi connectivity index (χ0) is 11.7. The van der Waals surface area contributed by atoms with E-state index in [4.69, 9.17) is 5.11 Å². The van der Waals surface area contributed by atoms with Crippen LogP contribution in [0.25, 0.3) is 0 Å². The highest BCUT2D eigenvalue weighted by Gasteiger charge is 2.28.